The number of nitrogens with two attached hydrogens (primary N) is 2. The third kappa shape index (κ3) is 7.25. The highest BCUT2D eigenvalue weighted by Gasteiger charge is 2.54. The van der Waals surface area contributed by atoms with E-state index >= 15 is 0 Å². The number of rotatable bonds is 11. The molecule has 0 aliphatic carbocycles. The van der Waals surface area contributed by atoms with Gasteiger partial charge in [0.05, 0.1) is 11.9 Å². The molecule has 3 aliphatic heterocycles. The number of aromatic hydroxyl groups is 1. The summed E-state index contributed by atoms with van der Waals surface area (Å²) in [6.07, 6.45) is 1.99. The Balaban J connectivity index is 1.33. The van der Waals surface area contributed by atoms with Crippen LogP contribution in [0.4, 0.5) is 5.13 Å². The number of fused-ring (bicyclic) bond motifs is 1. The number of amides is 3. The van der Waals surface area contributed by atoms with Crippen LogP contribution in [0.5, 0.6) is 5.75 Å². The van der Waals surface area contributed by atoms with Crippen molar-refractivity contribution in [3.05, 3.63) is 61.4 Å². The minimum absolute atomic E-state index is 0.0367. The van der Waals surface area contributed by atoms with Crippen molar-refractivity contribution in [2.45, 2.75) is 30.9 Å². The third-order valence-electron chi connectivity index (χ3n) is 7.36. The number of hydrogen-bond donors (Lipinski definition) is 8. The van der Waals surface area contributed by atoms with Crippen LogP contribution in [0.15, 0.2) is 50.4 Å². The molecule has 3 aliphatic rings. The molecule has 24 heteroatoms. The number of carboxylic acid groups (broad SMARTS) is 2. The lowest BCUT2D eigenvalue weighted by molar-refractivity contribution is -0.161. The Labute approximate surface area is 298 Å². The first-order chi connectivity index (χ1) is 23.9. The maximum Gasteiger partial charge on any atom is 0.352 e. The Hall–Kier alpha value is -5.81. The molecule has 5 heterocycles. The summed E-state index contributed by atoms with van der Waals surface area (Å²) in [5.41, 5.74) is 7.38. The number of pyridine rings is 1. The van der Waals surface area contributed by atoms with Gasteiger partial charge in [0, 0.05) is 24.6 Å². The van der Waals surface area contributed by atoms with Crippen molar-refractivity contribution >= 4 is 81.0 Å². The lowest BCUT2D eigenvalue weighted by atomic mass is 10.0. The number of β-lactam (4-membered cyclic amide) rings is 1. The van der Waals surface area contributed by atoms with Gasteiger partial charge in [-0.2, -0.15) is 4.73 Å². The predicted molar refractivity (Wildman–Crippen MR) is 179 cm³/mol. The van der Waals surface area contributed by atoms with Crippen LogP contribution in [0.25, 0.3) is 0 Å². The van der Waals surface area contributed by atoms with Gasteiger partial charge in [-0.3, -0.25) is 24.1 Å². The molecule has 0 bridgehead atoms. The van der Waals surface area contributed by atoms with Crippen LogP contribution in [0.2, 0.25) is 4.34 Å². The second-order valence-electron chi connectivity index (χ2n) is 11.3. The fraction of sp³-hybridized carbons (Fsp3) is 0.296. The number of hydrogen-bond acceptors (Lipinski definition) is 17. The van der Waals surface area contributed by atoms with Crippen LogP contribution < -0.4 is 27.5 Å². The summed E-state index contributed by atoms with van der Waals surface area (Å²) in [7, 11) is 0. The molecule has 51 heavy (non-hydrogen) atoms. The van der Waals surface area contributed by atoms with Crippen LogP contribution in [0.1, 0.15) is 30.0 Å². The molecule has 0 saturated carbocycles. The Morgan fingerprint density at radius 1 is 1.22 bits per heavy atom. The van der Waals surface area contributed by atoms with Gasteiger partial charge in [-0.05, 0) is 19.4 Å². The van der Waals surface area contributed by atoms with Crippen LogP contribution in [-0.4, -0.2) is 117 Å². The summed E-state index contributed by atoms with van der Waals surface area (Å²) in [5, 5.41) is 46.5. The van der Waals surface area contributed by atoms with Crippen LogP contribution >= 0.6 is 34.7 Å². The number of nitrogen functional groups attached to an aromatic ring is 1. The zero-order chi connectivity index (χ0) is 37.5. The molecule has 270 valence electrons. The van der Waals surface area contributed by atoms with Gasteiger partial charge in [0.25, 0.3) is 17.7 Å². The zero-order valence-electron chi connectivity index (χ0n) is 26.2. The van der Waals surface area contributed by atoms with E-state index in [4.69, 9.17) is 27.9 Å². The Morgan fingerprint density at radius 3 is 2.55 bits per heavy atom. The molecule has 1 saturated heterocycles. The van der Waals surface area contributed by atoms with Crippen molar-refractivity contribution in [3.8, 4) is 5.75 Å². The SMILES string of the molecule is CC(C)(O/N=C(\C(=O)N[C@@H]1C(=O)N2C(C(=O)O)=C(CN3C=C(NC(=O)c4cc(=O)c(O)cn4O)C(N)=NC3)CSC12)c1nc(N)sc1Cl)C(=O)O. The molecule has 0 aromatic carbocycles. The first-order valence-electron chi connectivity index (χ1n) is 14.2. The maximum atomic E-state index is 13.4. The number of oxime groups is 1. The Morgan fingerprint density at radius 2 is 1.92 bits per heavy atom. The second kappa shape index (κ2) is 13.8. The molecule has 21 nitrogen and oxygen atoms in total. The zero-order valence-corrected chi connectivity index (χ0v) is 28.6. The van der Waals surface area contributed by atoms with Gasteiger partial charge in [0.1, 0.15) is 45.3 Å². The molecule has 1 fully saturated rings. The van der Waals surface area contributed by atoms with E-state index in [-0.39, 0.29) is 61.7 Å². The van der Waals surface area contributed by atoms with E-state index in [9.17, 15) is 49.3 Å². The number of carboxylic acids is 2. The molecule has 5 rings (SSSR count). The minimum atomic E-state index is -1.87. The smallest absolute Gasteiger partial charge is 0.352 e. The van der Waals surface area contributed by atoms with E-state index < -0.39 is 69.3 Å². The molecule has 3 amide bonds. The van der Waals surface area contributed by atoms with Gasteiger partial charge >= 0.3 is 11.9 Å². The van der Waals surface area contributed by atoms with Crippen molar-refractivity contribution < 1.29 is 49.3 Å². The number of aromatic nitrogens is 2. The molecule has 2 atom stereocenters. The van der Waals surface area contributed by atoms with Gasteiger partial charge in [-0.1, -0.05) is 28.1 Å². The van der Waals surface area contributed by atoms with E-state index in [2.05, 4.69) is 25.8 Å². The highest BCUT2D eigenvalue weighted by Crippen LogP contribution is 2.41. The predicted octanol–water partition coefficient (Wildman–Crippen LogP) is -1.29. The Kier molecular flexibility index (Phi) is 9.89. The third-order valence-corrected chi connectivity index (χ3v) is 9.78. The molecular weight excluding hydrogens is 740 g/mol. The molecule has 0 radical (unpaired) electrons. The summed E-state index contributed by atoms with van der Waals surface area (Å²) in [4.78, 5) is 90.9. The van der Waals surface area contributed by atoms with Gasteiger partial charge in [-0.25, -0.2) is 19.6 Å². The standard InChI is InChI=1S/C27H27ClN10O11S2/c1-27(2,25(46)47)49-35-15(14-18(28)51-26(30)34-14)21(42)33-16-22(43)38-17(24(44)45)9(7-50-23(16)38)4-36-5-10(19(29)31-8-36)32-20(41)11-3-12(39)13(40)6-37(11)48/h3,5-6,16,23,40,48H,4,7-8H2,1-2H3,(H2,29,31)(H2,30,34)(H,32,41)(H,33,42)(H,44,45)(H,46,47)/b35-15-/t16-,23?/m1/s1. The number of carbonyl (C=O) groups excluding carboxylic acids is 3. The number of thioether (sulfide) groups is 1. The number of nitrogens with one attached hydrogen (secondary N) is 2. The average Bonchev–Trinajstić information content (AvgIpc) is 3.39. The quantitative estimate of drug-likeness (QED) is 0.0571. The highest BCUT2D eigenvalue weighted by atomic mass is 35.5. The van der Waals surface area contributed by atoms with E-state index in [1.54, 1.807) is 0 Å². The van der Waals surface area contributed by atoms with Crippen molar-refractivity contribution in [1.82, 2.24) is 30.1 Å². The summed E-state index contributed by atoms with van der Waals surface area (Å²) in [6, 6.07) is -0.541. The van der Waals surface area contributed by atoms with Crippen molar-refractivity contribution in [2.24, 2.45) is 15.9 Å². The lowest BCUT2D eigenvalue weighted by Gasteiger charge is -2.49. The van der Waals surface area contributed by atoms with Crippen molar-refractivity contribution in [3.63, 3.8) is 0 Å². The first-order valence-corrected chi connectivity index (χ1v) is 16.5. The van der Waals surface area contributed by atoms with E-state index in [0.29, 0.717) is 12.3 Å². The monoisotopic (exact) mass is 766 g/mol. The van der Waals surface area contributed by atoms with Crippen molar-refractivity contribution in [2.75, 3.05) is 24.7 Å². The van der Waals surface area contributed by atoms with Gasteiger partial charge < -0.3 is 52.4 Å². The van der Waals surface area contributed by atoms with Gasteiger partial charge in [-0.15, -0.1) is 11.8 Å². The van der Waals surface area contributed by atoms with E-state index in [1.165, 1.54) is 24.9 Å². The number of thiazole rings is 1. The van der Waals surface area contributed by atoms with Crippen molar-refractivity contribution in [1.29, 1.82) is 0 Å². The van der Waals surface area contributed by atoms with Crippen LogP contribution in [-0.2, 0) is 24.0 Å². The summed E-state index contributed by atoms with van der Waals surface area (Å²) < 4.78 is 0.174. The largest absolute Gasteiger partial charge is 0.503 e. The molecular formula is C27H27ClN10O11S2. The van der Waals surface area contributed by atoms with Crippen LogP contribution in [0.3, 0.4) is 0 Å². The fourth-order valence-electron chi connectivity index (χ4n) is 4.72. The lowest BCUT2D eigenvalue weighted by Crippen LogP contribution is -2.71. The number of halogens is 1. The molecule has 2 aromatic heterocycles. The summed E-state index contributed by atoms with van der Waals surface area (Å²) in [6.45, 7) is 2.19. The second-order valence-corrected chi connectivity index (χ2v) is 14.1. The normalized spacial score (nSPS) is 19.0. The number of nitrogens with zero attached hydrogens (tertiary/aromatic N) is 6. The number of aliphatic carboxylic acids is 2. The fourth-order valence-corrected chi connectivity index (χ4v) is 6.98. The van der Waals surface area contributed by atoms with Gasteiger partial charge in [0.2, 0.25) is 11.0 Å². The number of carbonyl (C=O) groups is 5. The molecule has 0 spiro atoms. The number of amidine groups is 1. The summed E-state index contributed by atoms with van der Waals surface area (Å²) >= 11 is 8.12. The van der Waals surface area contributed by atoms with E-state index in [0.717, 1.165) is 28.0 Å². The average molecular weight is 767 g/mol. The molecule has 1 unspecified atom stereocenters. The number of aliphatic imine (C=N–C) groups is 1. The molecule has 10 N–H and O–H groups in total. The maximum absolute atomic E-state index is 13.4. The Bertz CT molecular complexity index is 2060. The topological polar surface area (TPSA) is 318 Å². The minimum Gasteiger partial charge on any atom is -0.503 e. The van der Waals surface area contributed by atoms with E-state index in [1.807, 2.05) is 0 Å². The van der Waals surface area contributed by atoms with Gasteiger partial charge in [0.15, 0.2) is 16.6 Å². The summed E-state index contributed by atoms with van der Waals surface area (Å²) in [5.74, 6) is -6.45. The number of anilines is 1. The first kappa shape index (κ1) is 36.5. The van der Waals surface area contributed by atoms with Crippen LogP contribution in [0, 0.1) is 0 Å². The highest BCUT2D eigenvalue weighted by molar-refractivity contribution is 8.00. The molecule has 2 aromatic rings.